The number of rotatable bonds is 3. The summed E-state index contributed by atoms with van der Waals surface area (Å²) in [6.45, 7) is 8.56. The lowest BCUT2D eigenvalue weighted by atomic mass is 9.94. The summed E-state index contributed by atoms with van der Waals surface area (Å²) in [5.74, 6) is 0.931. The predicted octanol–water partition coefficient (Wildman–Crippen LogP) is 1.71. The third kappa shape index (κ3) is 2.45. The predicted molar refractivity (Wildman–Crippen MR) is 52.2 cm³/mol. The average Bonchev–Trinajstić information content (AvgIpc) is 2.47. The van der Waals surface area contributed by atoms with Crippen LogP contribution in [0.3, 0.4) is 0 Å². The minimum absolute atomic E-state index is 0.157. The highest BCUT2D eigenvalue weighted by atomic mass is 16.8. The van der Waals surface area contributed by atoms with Crippen molar-refractivity contribution in [2.24, 2.45) is 11.8 Å². The van der Waals surface area contributed by atoms with E-state index in [1.54, 1.807) is 7.11 Å². The molecule has 0 bridgehead atoms. The Labute approximate surface area is 80.9 Å². The van der Waals surface area contributed by atoms with Crippen molar-refractivity contribution >= 4 is 7.32 Å². The summed E-state index contributed by atoms with van der Waals surface area (Å²) in [5.41, 5.74) is 0. The van der Waals surface area contributed by atoms with Gasteiger partial charge in [-0.1, -0.05) is 27.7 Å². The Balaban J connectivity index is 2.60. The van der Waals surface area contributed by atoms with Gasteiger partial charge in [-0.05, 0) is 11.8 Å². The molecule has 0 aromatic carbocycles. The Bertz CT molecular complexity index is 145. The van der Waals surface area contributed by atoms with E-state index < -0.39 is 7.32 Å². The van der Waals surface area contributed by atoms with Gasteiger partial charge in [0.1, 0.15) is 0 Å². The first-order chi connectivity index (χ1) is 6.06. The molecule has 2 atom stereocenters. The highest BCUT2D eigenvalue weighted by molar-refractivity contribution is 6.37. The minimum atomic E-state index is -0.472. The van der Waals surface area contributed by atoms with Crippen LogP contribution in [-0.2, 0) is 14.0 Å². The second-order valence-electron chi connectivity index (χ2n) is 4.21. The third-order valence-corrected chi connectivity index (χ3v) is 2.37. The van der Waals surface area contributed by atoms with Crippen molar-refractivity contribution in [3.05, 3.63) is 0 Å². The summed E-state index contributed by atoms with van der Waals surface area (Å²) in [5, 5.41) is 0. The zero-order valence-corrected chi connectivity index (χ0v) is 9.11. The molecular weight excluding hydrogens is 167 g/mol. The van der Waals surface area contributed by atoms with Gasteiger partial charge >= 0.3 is 7.32 Å². The van der Waals surface area contributed by atoms with E-state index in [9.17, 15) is 0 Å². The molecule has 3 nitrogen and oxygen atoms in total. The molecule has 13 heavy (non-hydrogen) atoms. The first-order valence-electron chi connectivity index (χ1n) is 4.90. The first-order valence-corrected chi connectivity index (χ1v) is 4.90. The molecule has 0 N–H and O–H groups in total. The van der Waals surface area contributed by atoms with Crippen LogP contribution in [0.5, 0.6) is 0 Å². The standard InChI is InChI=1S/C9H19BO3/c1-6(2)8-9(7(3)4)13-10(11-5)12-8/h6-9H,1-5H3/t8-,9-/m1/s1. The van der Waals surface area contributed by atoms with E-state index >= 15 is 0 Å². The van der Waals surface area contributed by atoms with Gasteiger partial charge in [0.05, 0.1) is 12.2 Å². The van der Waals surface area contributed by atoms with Crippen LogP contribution in [0.2, 0.25) is 0 Å². The molecule has 0 aromatic heterocycles. The number of hydrogen-bond donors (Lipinski definition) is 0. The van der Waals surface area contributed by atoms with Crippen LogP contribution in [0.15, 0.2) is 0 Å². The maximum absolute atomic E-state index is 5.60. The van der Waals surface area contributed by atoms with Crippen molar-refractivity contribution < 1.29 is 14.0 Å². The lowest BCUT2D eigenvalue weighted by molar-refractivity contribution is 0.0815. The maximum Gasteiger partial charge on any atom is 0.639 e. The average molecular weight is 186 g/mol. The quantitative estimate of drug-likeness (QED) is 0.628. The highest BCUT2D eigenvalue weighted by Gasteiger charge is 2.43. The second kappa shape index (κ2) is 4.44. The van der Waals surface area contributed by atoms with Crippen molar-refractivity contribution in [1.82, 2.24) is 0 Å². The van der Waals surface area contributed by atoms with Crippen molar-refractivity contribution in [2.75, 3.05) is 7.11 Å². The van der Waals surface area contributed by atoms with Crippen molar-refractivity contribution in [3.63, 3.8) is 0 Å². The van der Waals surface area contributed by atoms with Gasteiger partial charge in [-0.2, -0.15) is 0 Å². The van der Waals surface area contributed by atoms with Crippen LogP contribution < -0.4 is 0 Å². The van der Waals surface area contributed by atoms with Crippen molar-refractivity contribution in [1.29, 1.82) is 0 Å². The Morgan fingerprint density at radius 2 is 1.38 bits per heavy atom. The van der Waals surface area contributed by atoms with Crippen LogP contribution in [0.1, 0.15) is 27.7 Å². The fourth-order valence-corrected chi connectivity index (χ4v) is 1.63. The lowest BCUT2D eigenvalue weighted by Gasteiger charge is -2.24. The molecular formula is C9H19BO3. The summed E-state index contributed by atoms with van der Waals surface area (Å²) in [4.78, 5) is 0. The molecule has 1 heterocycles. The second-order valence-corrected chi connectivity index (χ2v) is 4.21. The third-order valence-electron chi connectivity index (χ3n) is 2.37. The topological polar surface area (TPSA) is 27.7 Å². The molecule has 4 heteroatoms. The number of hydrogen-bond acceptors (Lipinski definition) is 3. The summed E-state index contributed by atoms with van der Waals surface area (Å²) in [6, 6.07) is 0. The van der Waals surface area contributed by atoms with Crippen LogP contribution in [0, 0.1) is 11.8 Å². The van der Waals surface area contributed by atoms with Crippen LogP contribution in [0.25, 0.3) is 0 Å². The van der Waals surface area contributed by atoms with Crippen LogP contribution in [-0.4, -0.2) is 26.6 Å². The zero-order valence-electron chi connectivity index (χ0n) is 9.11. The van der Waals surface area contributed by atoms with Gasteiger partial charge in [-0.25, -0.2) is 0 Å². The molecule has 1 fully saturated rings. The first kappa shape index (κ1) is 11.0. The van der Waals surface area contributed by atoms with Crippen LogP contribution in [0.4, 0.5) is 0 Å². The van der Waals surface area contributed by atoms with E-state index in [2.05, 4.69) is 27.7 Å². The smallest absolute Gasteiger partial charge is 0.389 e. The normalized spacial score (nSPS) is 29.3. The molecule has 0 aliphatic carbocycles. The molecule has 0 unspecified atom stereocenters. The molecule has 1 saturated heterocycles. The molecule has 0 aromatic rings. The largest absolute Gasteiger partial charge is 0.639 e. The molecule has 0 spiro atoms. The molecule has 0 radical (unpaired) electrons. The molecule has 0 amide bonds. The molecule has 1 aliphatic rings. The summed E-state index contributed by atoms with van der Waals surface area (Å²) >= 11 is 0. The van der Waals surface area contributed by atoms with Gasteiger partial charge in [-0.15, -0.1) is 0 Å². The van der Waals surface area contributed by atoms with E-state index in [1.165, 1.54) is 0 Å². The van der Waals surface area contributed by atoms with Gasteiger partial charge < -0.3 is 14.0 Å². The molecule has 1 aliphatic heterocycles. The fourth-order valence-electron chi connectivity index (χ4n) is 1.63. The fraction of sp³-hybridized carbons (Fsp3) is 1.00. The summed E-state index contributed by atoms with van der Waals surface area (Å²) in [7, 11) is 1.13. The minimum Gasteiger partial charge on any atom is -0.389 e. The monoisotopic (exact) mass is 186 g/mol. The van der Waals surface area contributed by atoms with E-state index in [0.29, 0.717) is 11.8 Å². The van der Waals surface area contributed by atoms with E-state index in [1.807, 2.05) is 0 Å². The van der Waals surface area contributed by atoms with Crippen LogP contribution >= 0.6 is 0 Å². The van der Waals surface area contributed by atoms with Crippen molar-refractivity contribution in [2.45, 2.75) is 39.9 Å². The van der Waals surface area contributed by atoms with Crippen molar-refractivity contribution in [3.8, 4) is 0 Å². The summed E-state index contributed by atoms with van der Waals surface area (Å²) in [6.07, 6.45) is 0.315. The Morgan fingerprint density at radius 3 is 1.62 bits per heavy atom. The highest BCUT2D eigenvalue weighted by Crippen LogP contribution is 2.27. The van der Waals surface area contributed by atoms with Gasteiger partial charge in [0.15, 0.2) is 0 Å². The molecule has 0 saturated carbocycles. The molecule has 1 rings (SSSR count). The van der Waals surface area contributed by atoms with Gasteiger partial charge in [0.2, 0.25) is 0 Å². The molecule has 76 valence electrons. The van der Waals surface area contributed by atoms with E-state index in [-0.39, 0.29) is 12.2 Å². The van der Waals surface area contributed by atoms with E-state index in [0.717, 1.165) is 0 Å². The maximum atomic E-state index is 5.60. The van der Waals surface area contributed by atoms with Gasteiger partial charge in [0.25, 0.3) is 0 Å². The van der Waals surface area contributed by atoms with Gasteiger partial charge in [-0.3, -0.25) is 0 Å². The Kier molecular flexibility index (Phi) is 3.77. The van der Waals surface area contributed by atoms with Gasteiger partial charge in [0, 0.05) is 7.11 Å². The van der Waals surface area contributed by atoms with E-state index in [4.69, 9.17) is 14.0 Å². The Hall–Kier alpha value is -0.0551. The SMILES string of the molecule is COB1O[C@H](C(C)C)[C@@H](C(C)C)O1. The summed E-state index contributed by atoms with van der Waals surface area (Å²) < 4.78 is 16.2. The lowest BCUT2D eigenvalue weighted by Crippen LogP contribution is -2.31. The Morgan fingerprint density at radius 1 is 1.00 bits per heavy atom. The zero-order chi connectivity index (χ0) is 10.0.